The van der Waals surface area contributed by atoms with E-state index in [2.05, 4.69) is 49.0 Å². The Morgan fingerprint density at radius 2 is 1.87 bits per heavy atom. The van der Waals surface area contributed by atoms with E-state index < -0.39 is 0 Å². The third-order valence-corrected chi connectivity index (χ3v) is 2.76. The molecule has 0 N–H and O–H groups in total. The maximum absolute atomic E-state index is 6.99. The van der Waals surface area contributed by atoms with Crippen LogP contribution in [0, 0.1) is 20.4 Å². The Morgan fingerprint density at radius 1 is 1.13 bits per heavy atom. The average Bonchev–Trinajstić information content (AvgIpc) is 2.23. The second kappa shape index (κ2) is 3.74. The highest BCUT2D eigenvalue weighted by Gasteiger charge is 2.06. The van der Waals surface area contributed by atoms with Crippen molar-refractivity contribution in [3.05, 3.63) is 58.4 Å². The zero-order valence-electron chi connectivity index (χ0n) is 9.04. The van der Waals surface area contributed by atoms with E-state index in [0.717, 1.165) is 0 Å². The minimum absolute atomic E-state index is 0.479. The summed E-state index contributed by atoms with van der Waals surface area (Å²) in [6, 6.07) is 10.6. The van der Waals surface area contributed by atoms with E-state index in [-0.39, 0.29) is 0 Å². The van der Waals surface area contributed by atoms with Crippen LogP contribution in [0.3, 0.4) is 0 Å². The Balaban J connectivity index is 2.79. The van der Waals surface area contributed by atoms with Gasteiger partial charge < -0.3 is 4.85 Å². The van der Waals surface area contributed by atoms with Crippen LogP contribution in [0.15, 0.2) is 30.3 Å². The molecule has 2 rings (SSSR count). The highest BCUT2D eigenvalue weighted by Crippen LogP contribution is 2.24. The SMILES string of the molecule is [C-]#[N+]Cc1c(C)ccc2ccc(C)cc12. The molecule has 0 radical (unpaired) electrons. The fraction of sp³-hybridized carbons (Fsp3) is 0.214. The predicted octanol–water partition coefficient (Wildman–Crippen LogP) is 3.88. The lowest BCUT2D eigenvalue weighted by Crippen LogP contribution is -1.89. The van der Waals surface area contributed by atoms with E-state index in [4.69, 9.17) is 6.57 Å². The molecule has 15 heavy (non-hydrogen) atoms. The summed E-state index contributed by atoms with van der Waals surface area (Å²) in [6.45, 7) is 11.6. The topological polar surface area (TPSA) is 4.36 Å². The summed E-state index contributed by atoms with van der Waals surface area (Å²) < 4.78 is 0. The molecule has 0 unspecified atom stereocenters. The second-order valence-corrected chi connectivity index (χ2v) is 3.90. The molecule has 2 aromatic rings. The number of aryl methyl sites for hydroxylation is 2. The zero-order chi connectivity index (χ0) is 10.8. The van der Waals surface area contributed by atoms with Crippen molar-refractivity contribution in [2.75, 3.05) is 0 Å². The van der Waals surface area contributed by atoms with Crippen molar-refractivity contribution < 1.29 is 0 Å². The number of hydrogen-bond donors (Lipinski definition) is 0. The lowest BCUT2D eigenvalue weighted by molar-refractivity contribution is 1.24. The highest BCUT2D eigenvalue weighted by atomic mass is 14.6. The first-order valence-electron chi connectivity index (χ1n) is 5.04. The van der Waals surface area contributed by atoms with Crippen LogP contribution in [-0.4, -0.2) is 0 Å². The van der Waals surface area contributed by atoms with Crippen LogP contribution in [0.25, 0.3) is 15.6 Å². The van der Waals surface area contributed by atoms with Crippen molar-refractivity contribution >= 4 is 10.8 Å². The number of benzene rings is 2. The third-order valence-electron chi connectivity index (χ3n) is 2.76. The summed E-state index contributed by atoms with van der Waals surface area (Å²) in [5, 5.41) is 2.45. The van der Waals surface area contributed by atoms with E-state index in [1.54, 1.807) is 0 Å². The summed E-state index contributed by atoms with van der Waals surface area (Å²) in [5.41, 5.74) is 3.63. The van der Waals surface area contributed by atoms with Crippen LogP contribution >= 0.6 is 0 Å². The molecule has 0 aromatic heterocycles. The zero-order valence-corrected chi connectivity index (χ0v) is 9.04. The van der Waals surface area contributed by atoms with Gasteiger partial charge >= 0.3 is 0 Å². The fourth-order valence-electron chi connectivity index (χ4n) is 1.89. The van der Waals surface area contributed by atoms with Gasteiger partial charge in [0.1, 0.15) is 0 Å². The molecule has 0 spiro atoms. The molecular formula is C14H13N. The van der Waals surface area contributed by atoms with Crippen molar-refractivity contribution in [3.8, 4) is 0 Å². The van der Waals surface area contributed by atoms with E-state index in [1.807, 2.05) is 0 Å². The number of nitrogens with zero attached hydrogens (tertiary/aromatic N) is 1. The molecular weight excluding hydrogens is 182 g/mol. The van der Waals surface area contributed by atoms with Crippen molar-refractivity contribution in [2.24, 2.45) is 0 Å². The van der Waals surface area contributed by atoms with Gasteiger partial charge in [-0.05, 0) is 30.2 Å². The van der Waals surface area contributed by atoms with Gasteiger partial charge in [0.25, 0.3) is 0 Å². The van der Waals surface area contributed by atoms with Crippen LogP contribution in [0.2, 0.25) is 0 Å². The number of rotatable bonds is 1. The van der Waals surface area contributed by atoms with E-state index >= 15 is 0 Å². The van der Waals surface area contributed by atoms with Gasteiger partial charge in [-0.3, -0.25) is 0 Å². The predicted molar refractivity (Wildman–Crippen MR) is 63.7 cm³/mol. The molecule has 1 nitrogen and oxygen atoms in total. The third kappa shape index (κ3) is 1.71. The minimum Gasteiger partial charge on any atom is -0.312 e. The monoisotopic (exact) mass is 195 g/mol. The summed E-state index contributed by atoms with van der Waals surface area (Å²) in [4.78, 5) is 3.50. The van der Waals surface area contributed by atoms with Crippen molar-refractivity contribution in [3.63, 3.8) is 0 Å². The van der Waals surface area contributed by atoms with Crippen LogP contribution in [0.5, 0.6) is 0 Å². The summed E-state index contributed by atoms with van der Waals surface area (Å²) in [7, 11) is 0. The Hall–Kier alpha value is -1.81. The molecule has 2 aromatic carbocycles. The van der Waals surface area contributed by atoms with Gasteiger partial charge in [0, 0.05) is 5.56 Å². The number of hydrogen-bond acceptors (Lipinski definition) is 0. The van der Waals surface area contributed by atoms with Gasteiger partial charge in [-0.25, -0.2) is 6.57 Å². The van der Waals surface area contributed by atoms with Gasteiger partial charge in [0.2, 0.25) is 6.54 Å². The normalized spacial score (nSPS) is 10.2. The maximum atomic E-state index is 6.99. The first-order chi connectivity index (χ1) is 7.22. The molecule has 0 bridgehead atoms. The molecule has 74 valence electrons. The minimum atomic E-state index is 0.479. The smallest absolute Gasteiger partial charge is 0.240 e. The van der Waals surface area contributed by atoms with Crippen LogP contribution < -0.4 is 0 Å². The largest absolute Gasteiger partial charge is 0.312 e. The summed E-state index contributed by atoms with van der Waals surface area (Å²) in [6.07, 6.45) is 0. The van der Waals surface area contributed by atoms with Gasteiger partial charge in [0.05, 0.1) is 0 Å². The van der Waals surface area contributed by atoms with Crippen LogP contribution in [0.1, 0.15) is 16.7 Å². The average molecular weight is 195 g/mol. The molecule has 0 aliphatic carbocycles. The van der Waals surface area contributed by atoms with Crippen LogP contribution in [0.4, 0.5) is 0 Å². The lowest BCUT2D eigenvalue weighted by Gasteiger charge is -2.06. The summed E-state index contributed by atoms with van der Waals surface area (Å²) >= 11 is 0. The summed E-state index contributed by atoms with van der Waals surface area (Å²) in [5.74, 6) is 0. The molecule has 0 atom stereocenters. The maximum Gasteiger partial charge on any atom is 0.240 e. The lowest BCUT2D eigenvalue weighted by atomic mass is 9.98. The highest BCUT2D eigenvalue weighted by molar-refractivity contribution is 5.87. The van der Waals surface area contributed by atoms with Gasteiger partial charge in [-0.2, -0.15) is 0 Å². The standard InChI is InChI=1S/C14H13N/c1-10-4-6-12-7-5-11(2)14(9-15-3)13(12)8-10/h4-8H,9H2,1-2H3. The Labute approximate surface area is 90.2 Å². The molecule has 1 heteroatoms. The molecule has 0 heterocycles. The molecule has 0 aliphatic heterocycles. The van der Waals surface area contributed by atoms with E-state index in [9.17, 15) is 0 Å². The first kappa shape index (κ1) is 9.73. The van der Waals surface area contributed by atoms with Crippen molar-refractivity contribution in [1.82, 2.24) is 0 Å². The van der Waals surface area contributed by atoms with Crippen molar-refractivity contribution in [1.29, 1.82) is 0 Å². The Morgan fingerprint density at radius 3 is 2.60 bits per heavy atom. The Bertz CT molecular complexity index is 542. The molecule has 0 aliphatic rings. The quantitative estimate of drug-likeness (QED) is 0.608. The fourth-order valence-corrected chi connectivity index (χ4v) is 1.89. The molecule has 0 saturated carbocycles. The Kier molecular flexibility index (Phi) is 2.43. The second-order valence-electron chi connectivity index (χ2n) is 3.90. The van der Waals surface area contributed by atoms with Gasteiger partial charge in [0.15, 0.2) is 0 Å². The number of fused-ring (bicyclic) bond motifs is 1. The molecule has 0 saturated heterocycles. The first-order valence-corrected chi connectivity index (χ1v) is 5.04. The molecule has 0 amide bonds. The van der Waals surface area contributed by atoms with Gasteiger partial charge in [-0.15, -0.1) is 0 Å². The van der Waals surface area contributed by atoms with E-state index in [1.165, 1.54) is 27.5 Å². The molecule has 0 fully saturated rings. The van der Waals surface area contributed by atoms with Crippen molar-refractivity contribution in [2.45, 2.75) is 20.4 Å². The van der Waals surface area contributed by atoms with Crippen LogP contribution in [-0.2, 0) is 6.54 Å². The van der Waals surface area contributed by atoms with Gasteiger partial charge in [-0.1, -0.05) is 35.9 Å². The van der Waals surface area contributed by atoms with E-state index in [0.29, 0.717) is 6.54 Å².